The van der Waals surface area contributed by atoms with Gasteiger partial charge < -0.3 is 5.32 Å². The fraction of sp³-hybridized carbons (Fsp3) is 0.211. The van der Waals surface area contributed by atoms with E-state index in [-0.39, 0.29) is 11.8 Å². The van der Waals surface area contributed by atoms with Gasteiger partial charge >= 0.3 is 0 Å². The molecule has 0 spiro atoms. The van der Waals surface area contributed by atoms with Gasteiger partial charge in [-0.2, -0.15) is 14.3 Å². The second-order valence-corrected chi connectivity index (χ2v) is 7.65. The summed E-state index contributed by atoms with van der Waals surface area (Å²) in [6.45, 7) is 3.80. The standard InChI is InChI=1S/C19H16BrN7O/c1-10-18-13(12-5-3-4-6-14(12)20)9-17(28)21-19(18)27(24-10)16-8-7-15-23-22-11(2)26(15)25-16/h3-8,13H,9H2,1-2H3,(H,21,28)/t13-/m1/s1. The molecular weight excluding hydrogens is 422 g/mol. The molecule has 9 heteroatoms. The Labute approximate surface area is 168 Å². The molecule has 0 saturated heterocycles. The average molecular weight is 438 g/mol. The van der Waals surface area contributed by atoms with Crippen molar-refractivity contribution in [1.82, 2.24) is 29.6 Å². The summed E-state index contributed by atoms with van der Waals surface area (Å²) in [5.41, 5.74) is 3.60. The summed E-state index contributed by atoms with van der Waals surface area (Å²) >= 11 is 3.62. The van der Waals surface area contributed by atoms with Crippen molar-refractivity contribution < 1.29 is 4.79 Å². The van der Waals surface area contributed by atoms with Crippen LogP contribution < -0.4 is 5.32 Å². The lowest BCUT2D eigenvalue weighted by atomic mass is 9.86. The molecule has 0 unspecified atom stereocenters. The molecule has 8 nitrogen and oxygen atoms in total. The van der Waals surface area contributed by atoms with Crippen LogP contribution in [0.4, 0.5) is 5.82 Å². The fourth-order valence-electron chi connectivity index (χ4n) is 3.74. The van der Waals surface area contributed by atoms with Crippen LogP contribution in [0.25, 0.3) is 11.5 Å². The van der Waals surface area contributed by atoms with Gasteiger partial charge in [0.15, 0.2) is 17.3 Å². The molecule has 1 N–H and O–H groups in total. The van der Waals surface area contributed by atoms with Crippen LogP contribution in [0.5, 0.6) is 0 Å². The summed E-state index contributed by atoms with van der Waals surface area (Å²) in [7, 11) is 0. The lowest BCUT2D eigenvalue weighted by molar-refractivity contribution is -0.116. The zero-order chi connectivity index (χ0) is 19.4. The van der Waals surface area contributed by atoms with Crippen molar-refractivity contribution in [3.63, 3.8) is 0 Å². The quantitative estimate of drug-likeness (QED) is 0.519. The van der Waals surface area contributed by atoms with Crippen LogP contribution in [0.2, 0.25) is 0 Å². The van der Waals surface area contributed by atoms with E-state index in [1.54, 1.807) is 9.20 Å². The Bertz CT molecular complexity index is 1240. The van der Waals surface area contributed by atoms with Crippen molar-refractivity contribution in [1.29, 1.82) is 0 Å². The summed E-state index contributed by atoms with van der Waals surface area (Å²) in [6, 6.07) is 11.6. The number of anilines is 1. The molecule has 1 atom stereocenters. The monoisotopic (exact) mass is 437 g/mol. The van der Waals surface area contributed by atoms with E-state index in [1.165, 1.54) is 0 Å². The Hall–Kier alpha value is -3.07. The molecule has 4 aromatic rings. The van der Waals surface area contributed by atoms with Gasteiger partial charge in [-0.1, -0.05) is 34.1 Å². The lowest BCUT2D eigenvalue weighted by Gasteiger charge is -2.25. The fourth-order valence-corrected chi connectivity index (χ4v) is 4.30. The number of aromatic nitrogens is 6. The number of benzene rings is 1. The molecule has 3 aromatic heterocycles. The largest absolute Gasteiger partial charge is 0.310 e. The number of halogens is 1. The van der Waals surface area contributed by atoms with Crippen molar-refractivity contribution in [2.24, 2.45) is 0 Å². The van der Waals surface area contributed by atoms with Gasteiger partial charge in [0.25, 0.3) is 0 Å². The maximum atomic E-state index is 12.5. The van der Waals surface area contributed by atoms with Crippen molar-refractivity contribution in [3.8, 4) is 5.82 Å². The van der Waals surface area contributed by atoms with Gasteiger partial charge in [-0.3, -0.25) is 4.79 Å². The van der Waals surface area contributed by atoms with Crippen LogP contribution >= 0.6 is 15.9 Å². The topological polar surface area (TPSA) is 90.0 Å². The third-order valence-electron chi connectivity index (χ3n) is 5.00. The first-order chi connectivity index (χ1) is 13.5. The van der Waals surface area contributed by atoms with Crippen LogP contribution in [0.15, 0.2) is 40.9 Å². The Morgan fingerprint density at radius 3 is 2.75 bits per heavy atom. The highest BCUT2D eigenvalue weighted by Crippen LogP contribution is 2.42. The maximum absolute atomic E-state index is 12.5. The molecular formula is C19H16BrN7O. The van der Waals surface area contributed by atoms with Gasteiger partial charge in [0, 0.05) is 22.4 Å². The smallest absolute Gasteiger partial charge is 0.226 e. The molecule has 0 aliphatic carbocycles. The molecule has 4 heterocycles. The third kappa shape index (κ3) is 2.54. The highest BCUT2D eigenvalue weighted by atomic mass is 79.9. The van der Waals surface area contributed by atoms with Crippen LogP contribution in [-0.2, 0) is 4.79 Å². The Morgan fingerprint density at radius 2 is 1.93 bits per heavy atom. The Morgan fingerprint density at radius 1 is 1.11 bits per heavy atom. The Balaban J connectivity index is 1.70. The zero-order valence-corrected chi connectivity index (χ0v) is 16.8. The van der Waals surface area contributed by atoms with Crippen molar-refractivity contribution in [2.45, 2.75) is 26.2 Å². The normalized spacial score (nSPS) is 16.2. The van der Waals surface area contributed by atoms with E-state index < -0.39 is 0 Å². The van der Waals surface area contributed by atoms with E-state index in [9.17, 15) is 4.79 Å². The van der Waals surface area contributed by atoms with E-state index in [0.29, 0.717) is 29.5 Å². The summed E-state index contributed by atoms with van der Waals surface area (Å²) < 4.78 is 4.33. The molecule has 0 fully saturated rings. The van der Waals surface area contributed by atoms with Crippen molar-refractivity contribution >= 4 is 33.3 Å². The number of rotatable bonds is 2. The third-order valence-corrected chi connectivity index (χ3v) is 5.73. The predicted molar refractivity (Wildman–Crippen MR) is 107 cm³/mol. The number of fused-ring (bicyclic) bond motifs is 2. The number of aryl methyl sites for hydroxylation is 2. The molecule has 1 amide bonds. The maximum Gasteiger partial charge on any atom is 0.226 e. The average Bonchev–Trinajstić information content (AvgIpc) is 3.21. The molecule has 140 valence electrons. The first-order valence-electron chi connectivity index (χ1n) is 8.86. The first-order valence-corrected chi connectivity index (χ1v) is 9.65. The number of carbonyl (C=O) groups is 1. The van der Waals surface area contributed by atoms with Gasteiger partial charge in [0.2, 0.25) is 5.91 Å². The van der Waals surface area contributed by atoms with E-state index in [2.05, 4.69) is 36.5 Å². The summed E-state index contributed by atoms with van der Waals surface area (Å²) in [4.78, 5) is 12.5. The van der Waals surface area contributed by atoms with Gasteiger partial charge in [0.05, 0.1) is 5.69 Å². The highest BCUT2D eigenvalue weighted by molar-refractivity contribution is 9.10. The molecule has 5 rings (SSSR count). The molecule has 28 heavy (non-hydrogen) atoms. The van der Waals surface area contributed by atoms with Gasteiger partial charge in [-0.25, -0.2) is 0 Å². The van der Waals surface area contributed by atoms with E-state index in [1.807, 2.05) is 50.2 Å². The summed E-state index contributed by atoms with van der Waals surface area (Å²) in [6.07, 6.45) is 0.374. The minimum Gasteiger partial charge on any atom is -0.310 e. The van der Waals surface area contributed by atoms with E-state index in [4.69, 9.17) is 5.10 Å². The van der Waals surface area contributed by atoms with Gasteiger partial charge in [-0.05, 0) is 37.6 Å². The van der Waals surface area contributed by atoms with Crippen LogP contribution in [-0.4, -0.2) is 35.5 Å². The number of hydrogen-bond acceptors (Lipinski definition) is 5. The van der Waals surface area contributed by atoms with Gasteiger partial charge in [-0.15, -0.1) is 15.3 Å². The number of hydrogen-bond donors (Lipinski definition) is 1. The minimum absolute atomic E-state index is 0.0454. The van der Waals surface area contributed by atoms with Crippen molar-refractivity contribution in [3.05, 3.63) is 63.5 Å². The highest BCUT2D eigenvalue weighted by Gasteiger charge is 2.33. The number of nitrogens with one attached hydrogen (secondary N) is 1. The van der Waals surface area contributed by atoms with Crippen LogP contribution in [0, 0.1) is 13.8 Å². The molecule has 0 radical (unpaired) electrons. The number of carbonyl (C=O) groups excluding carboxylic acids is 1. The van der Waals surface area contributed by atoms with E-state index in [0.717, 1.165) is 21.3 Å². The second kappa shape index (κ2) is 6.23. The lowest BCUT2D eigenvalue weighted by Crippen LogP contribution is -2.25. The Kier molecular flexibility index (Phi) is 3.80. The summed E-state index contributed by atoms with van der Waals surface area (Å²) in [5, 5.41) is 20.4. The van der Waals surface area contributed by atoms with Gasteiger partial charge in [0.1, 0.15) is 5.82 Å². The molecule has 0 bridgehead atoms. The SMILES string of the molecule is Cc1nn(-c2ccc3nnc(C)n3n2)c2c1[C@@H](c1ccccc1Br)CC(=O)N2. The molecule has 1 aliphatic rings. The van der Waals surface area contributed by atoms with Crippen molar-refractivity contribution in [2.75, 3.05) is 5.32 Å². The molecule has 1 aliphatic heterocycles. The predicted octanol–water partition coefficient (Wildman–Crippen LogP) is 3.16. The number of amides is 1. The molecule has 0 saturated carbocycles. The molecule has 1 aromatic carbocycles. The van der Waals surface area contributed by atoms with E-state index >= 15 is 0 Å². The zero-order valence-electron chi connectivity index (χ0n) is 15.2. The van der Waals surface area contributed by atoms with Crippen LogP contribution in [0.1, 0.15) is 35.0 Å². The number of nitrogens with zero attached hydrogens (tertiary/aromatic N) is 6. The second-order valence-electron chi connectivity index (χ2n) is 6.79. The summed E-state index contributed by atoms with van der Waals surface area (Å²) in [5.74, 6) is 1.81. The first kappa shape index (κ1) is 17.1. The van der Waals surface area contributed by atoms with Crippen LogP contribution in [0.3, 0.4) is 0 Å². The minimum atomic E-state index is -0.0755.